The highest BCUT2D eigenvalue weighted by molar-refractivity contribution is 5.34. The van der Waals surface area contributed by atoms with Crippen LogP contribution in [-0.4, -0.2) is 54.8 Å². The number of nitrogens with one attached hydrogen (secondary N) is 1. The molecule has 1 atom stereocenters. The van der Waals surface area contributed by atoms with Crippen LogP contribution in [0, 0.1) is 0 Å². The zero-order valence-corrected chi connectivity index (χ0v) is 13.8. The van der Waals surface area contributed by atoms with Crippen LogP contribution in [0.5, 0.6) is 11.8 Å². The standard InChI is InChI=1S/C15H28N4O2/c1-6-19(7-2)10-8-9-12(3)16-15-17-13(20-4)11-14(18-15)21-5/h11-12H,6-10H2,1-5H3,(H,16,17,18). The lowest BCUT2D eigenvalue weighted by molar-refractivity contribution is 0.295. The average molecular weight is 296 g/mol. The Balaban J connectivity index is 2.48. The fourth-order valence-corrected chi connectivity index (χ4v) is 2.13. The molecule has 1 N–H and O–H groups in total. The number of methoxy groups -OCH3 is 2. The summed E-state index contributed by atoms with van der Waals surface area (Å²) in [6, 6.07) is 1.97. The summed E-state index contributed by atoms with van der Waals surface area (Å²) in [6.45, 7) is 9.87. The van der Waals surface area contributed by atoms with Gasteiger partial charge in [-0.2, -0.15) is 9.97 Å². The van der Waals surface area contributed by atoms with Gasteiger partial charge in [-0.05, 0) is 39.4 Å². The minimum Gasteiger partial charge on any atom is -0.481 e. The van der Waals surface area contributed by atoms with E-state index in [4.69, 9.17) is 9.47 Å². The van der Waals surface area contributed by atoms with Gasteiger partial charge in [-0.15, -0.1) is 0 Å². The Morgan fingerprint density at radius 3 is 2.19 bits per heavy atom. The normalized spacial score (nSPS) is 12.3. The Hall–Kier alpha value is -1.56. The quantitative estimate of drug-likeness (QED) is 0.715. The Morgan fingerprint density at radius 1 is 1.14 bits per heavy atom. The molecule has 0 aliphatic heterocycles. The maximum absolute atomic E-state index is 5.14. The Bertz CT molecular complexity index is 388. The van der Waals surface area contributed by atoms with E-state index in [1.165, 1.54) is 0 Å². The molecule has 0 saturated carbocycles. The van der Waals surface area contributed by atoms with E-state index in [2.05, 4.69) is 41.0 Å². The van der Waals surface area contributed by atoms with Gasteiger partial charge < -0.3 is 19.7 Å². The molecule has 6 nitrogen and oxygen atoms in total. The molecule has 21 heavy (non-hydrogen) atoms. The molecule has 0 amide bonds. The summed E-state index contributed by atoms with van der Waals surface area (Å²) in [5, 5.41) is 3.30. The van der Waals surface area contributed by atoms with Gasteiger partial charge in [0.15, 0.2) is 0 Å². The highest BCUT2D eigenvalue weighted by Gasteiger charge is 2.09. The number of hydrogen-bond donors (Lipinski definition) is 1. The van der Waals surface area contributed by atoms with Crippen molar-refractivity contribution in [3.63, 3.8) is 0 Å². The largest absolute Gasteiger partial charge is 0.481 e. The number of ether oxygens (including phenoxy) is 2. The van der Waals surface area contributed by atoms with E-state index in [-0.39, 0.29) is 0 Å². The molecular weight excluding hydrogens is 268 g/mol. The van der Waals surface area contributed by atoms with Crippen LogP contribution in [0.3, 0.4) is 0 Å². The van der Waals surface area contributed by atoms with Crippen molar-refractivity contribution < 1.29 is 9.47 Å². The molecule has 0 fully saturated rings. The first-order chi connectivity index (χ1) is 10.1. The molecule has 1 aromatic heterocycles. The summed E-state index contributed by atoms with van der Waals surface area (Å²) in [6.07, 6.45) is 2.22. The molecule has 1 aromatic rings. The van der Waals surface area contributed by atoms with E-state index in [0.29, 0.717) is 23.8 Å². The molecule has 0 aromatic carbocycles. The molecule has 1 heterocycles. The monoisotopic (exact) mass is 296 g/mol. The third-order valence-electron chi connectivity index (χ3n) is 3.48. The molecule has 6 heteroatoms. The maximum atomic E-state index is 5.14. The van der Waals surface area contributed by atoms with Gasteiger partial charge in [0.1, 0.15) is 0 Å². The molecule has 1 unspecified atom stereocenters. The van der Waals surface area contributed by atoms with Crippen LogP contribution < -0.4 is 14.8 Å². The second-order valence-electron chi connectivity index (χ2n) is 4.99. The van der Waals surface area contributed by atoms with E-state index in [9.17, 15) is 0 Å². The number of rotatable bonds is 10. The van der Waals surface area contributed by atoms with Crippen LogP contribution in [0.15, 0.2) is 6.07 Å². The van der Waals surface area contributed by atoms with Crippen molar-refractivity contribution in [2.75, 3.05) is 39.2 Å². The number of anilines is 1. The van der Waals surface area contributed by atoms with Crippen LogP contribution in [0.4, 0.5) is 5.95 Å². The lowest BCUT2D eigenvalue weighted by Gasteiger charge is -2.20. The third kappa shape index (κ3) is 6.16. The Kier molecular flexibility index (Phi) is 7.82. The van der Waals surface area contributed by atoms with Crippen LogP contribution in [0.25, 0.3) is 0 Å². The van der Waals surface area contributed by atoms with E-state index >= 15 is 0 Å². The van der Waals surface area contributed by atoms with Crippen LogP contribution >= 0.6 is 0 Å². The van der Waals surface area contributed by atoms with Gasteiger partial charge in [-0.3, -0.25) is 0 Å². The maximum Gasteiger partial charge on any atom is 0.229 e. The number of hydrogen-bond acceptors (Lipinski definition) is 6. The van der Waals surface area contributed by atoms with Gasteiger partial charge >= 0.3 is 0 Å². The zero-order valence-electron chi connectivity index (χ0n) is 13.8. The van der Waals surface area contributed by atoms with Crippen LogP contribution in [0.1, 0.15) is 33.6 Å². The first kappa shape index (κ1) is 17.5. The predicted octanol–water partition coefficient (Wildman–Crippen LogP) is 2.42. The molecule has 0 radical (unpaired) electrons. The summed E-state index contributed by atoms with van der Waals surface area (Å²) < 4.78 is 10.3. The van der Waals surface area contributed by atoms with E-state index in [0.717, 1.165) is 32.5 Å². The molecule has 0 bridgehead atoms. The van der Waals surface area contributed by atoms with Crippen LogP contribution in [0.2, 0.25) is 0 Å². The van der Waals surface area contributed by atoms with Crippen molar-refractivity contribution >= 4 is 5.95 Å². The SMILES string of the molecule is CCN(CC)CCCC(C)Nc1nc(OC)cc(OC)n1. The molecule has 0 aliphatic carbocycles. The Labute approximate surface area is 127 Å². The minimum atomic E-state index is 0.303. The Morgan fingerprint density at radius 2 is 1.71 bits per heavy atom. The topological polar surface area (TPSA) is 59.5 Å². The molecule has 1 rings (SSSR count). The summed E-state index contributed by atoms with van der Waals surface area (Å²) in [4.78, 5) is 11.0. The average Bonchev–Trinajstić information content (AvgIpc) is 2.51. The molecule has 0 spiro atoms. The highest BCUT2D eigenvalue weighted by Crippen LogP contribution is 2.18. The zero-order chi connectivity index (χ0) is 15.7. The van der Waals surface area contributed by atoms with Gasteiger partial charge in [0.25, 0.3) is 0 Å². The number of aromatic nitrogens is 2. The fourth-order valence-electron chi connectivity index (χ4n) is 2.13. The van der Waals surface area contributed by atoms with Gasteiger partial charge in [0, 0.05) is 6.04 Å². The van der Waals surface area contributed by atoms with Crippen molar-refractivity contribution in [2.24, 2.45) is 0 Å². The molecule has 120 valence electrons. The highest BCUT2D eigenvalue weighted by atomic mass is 16.5. The summed E-state index contributed by atoms with van der Waals surface area (Å²) in [5.41, 5.74) is 0. The molecular formula is C15H28N4O2. The van der Waals surface area contributed by atoms with Crippen molar-refractivity contribution in [2.45, 2.75) is 39.7 Å². The first-order valence-corrected chi connectivity index (χ1v) is 7.58. The van der Waals surface area contributed by atoms with Gasteiger partial charge in [0.05, 0.1) is 20.3 Å². The summed E-state index contributed by atoms with van der Waals surface area (Å²) >= 11 is 0. The second-order valence-corrected chi connectivity index (χ2v) is 4.99. The lowest BCUT2D eigenvalue weighted by atomic mass is 10.2. The van der Waals surface area contributed by atoms with Crippen molar-refractivity contribution in [3.05, 3.63) is 6.07 Å². The van der Waals surface area contributed by atoms with Crippen molar-refractivity contribution in [1.82, 2.24) is 14.9 Å². The van der Waals surface area contributed by atoms with E-state index in [1.807, 2.05) is 0 Å². The summed E-state index contributed by atoms with van der Waals surface area (Å²) in [7, 11) is 3.16. The number of nitrogens with zero attached hydrogens (tertiary/aromatic N) is 3. The first-order valence-electron chi connectivity index (χ1n) is 7.58. The van der Waals surface area contributed by atoms with Crippen molar-refractivity contribution in [3.8, 4) is 11.8 Å². The predicted molar refractivity (Wildman–Crippen MR) is 85.2 cm³/mol. The minimum absolute atomic E-state index is 0.303. The van der Waals surface area contributed by atoms with Crippen molar-refractivity contribution in [1.29, 1.82) is 0 Å². The van der Waals surface area contributed by atoms with Gasteiger partial charge in [-0.1, -0.05) is 13.8 Å². The molecule has 0 aliphatic rings. The van der Waals surface area contributed by atoms with Gasteiger partial charge in [0.2, 0.25) is 17.7 Å². The van der Waals surface area contributed by atoms with E-state index < -0.39 is 0 Å². The lowest BCUT2D eigenvalue weighted by Crippen LogP contribution is -2.26. The third-order valence-corrected chi connectivity index (χ3v) is 3.48. The van der Waals surface area contributed by atoms with Crippen LogP contribution in [-0.2, 0) is 0 Å². The molecule has 0 saturated heterocycles. The second kappa shape index (κ2) is 9.39. The van der Waals surface area contributed by atoms with E-state index in [1.54, 1.807) is 20.3 Å². The fraction of sp³-hybridized carbons (Fsp3) is 0.733. The smallest absolute Gasteiger partial charge is 0.229 e. The summed E-state index contributed by atoms with van der Waals surface area (Å²) in [5.74, 6) is 1.54. The van der Waals surface area contributed by atoms with Gasteiger partial charge in [-0.25, -0.2) is 0 Å².